The fourth-order valence-electron chi connectivity index (χ4n) is 7.63. The normalized spacial score (nSPS) is 13.7. The summed E-state index contributed by atoms with van der Waals surface area (Å²) in [6.07, 6.45) is 70.7. The average Bonchev–Trinajstić information content (AvgIpc) is 3.34. The number of unbranched alkanes of at least 4 members (excludes halogenated alkanes) is 25. The molecular formula is C59H104NO8P. The highest BCUT2D eigenvalue weighted by Gasteiger charge is 2.26. The minimum atomic E-state index is -4.40. The molecule has 9 nitrogen and oxygen atoms in total. The average molecular weight is 986 g/mol. The van der Waals surface area contributed by atoms with Crippen molar-refractivity contribution in [2.24, 2.45) is 5.73 Å². The maximum Gasteiger partial charge on any atom is 0.472 e. The second kappa shape index (κ2) is 54.5. The lowest BCUT2D eigenvalue weighted by Crippen LogP contribution is -2.29. The van der Waals surface area contributed by atoms with Crippen molar-refractivity contribution in [1.29, 1.82) is 0 Å². The van der Waals surface area contributed by atoms with Crippen LogP contribution < -0.4 is 5.73 Å². The number of carbonyl (C=O) groups excluding carboxylic acids is 2. The molecule has 0 radical (unpaired) electrons. The zero-order valence-corrected chi connectivity index (χ0v) is 45.2. The Kier molecular flexibility index (Phi) is 52.3. The number of rotatable bonds is 52. The van der Waals surface area contributed by atoms with Crippen LogP contribution in [0.5, 0.6) is 0 Å². The number of nitrogens with two attached hydrogens (primary N) is 1. The first kappa shape index (κ1) is 66.2. The molecule has 10 heteroatoms. The van der Waals surface area contributed by atoms with E-state index in [-0.39, 0.29) is 32.6 Å². The van der Waals surface area contributed by atoms with E-state index in [1.54, 1.807) is 0 Å². The van der Waals surface area contributed by atoms with Gasteiger partial charge in [-0.05, 0) is 89.9 Å². The molecule has 0 aromatic carbocycles. The fourth-order valence-corrected chi connectivity index (χ4v) is 8.40. The Bertz CT molecular complexity index is 1400. The molecule has 0 aliphatic rings. The third-order valence-electron chi connectivity index (χ3n) is 11.8. The van der Waals surface area contributed by atoms with Gasteiger partial charge in [-0.2, -0.15) is 0 Å². The fraction of sp³-hybridized carbons (Fsp3) is 0.729. The van der Waals surface area contributed by atoms with Crippen molar-refractivity contribution >= 4 is 19.8 Å². The standard InChI is InChI=1S/C59H104NO8P/c1-3-5-7-9-11-13-15-17-19-21-23-24-25-26-27-28-29-30-31-32-34-35-37-39-41-43-45-47-49-51-58(61)65-55-57(56-67-69(63,64)66-54-53-60)68-59(62)52-50-48-46-44-42-40-38-36-33-22-20-18-16-14-12-10-8-6-4-2/h6,8,12,14-15,17-18,20-21,23,33,36,40,42,57H,3-5,7,9-11,13,16,19,22,24-32,34-35,37-39,41,43-56,60H2,1-2H3,(H,63,64)/b8-6-,14-12-,17-15-,20-18-,23-21-,36-33-,42-40-. The van der Waals surface area contributed by atoms with Crippen LogP contribution in [0.3, 0.4) is 0 Å². The van der Waals surface area contributed by atoms with E-state index in [1.165, 1.54) is 135 Å². The van der Waals surface area contributed by atoms with Gasteiger partial charge >= 0.3 is 19.8 Å². The van der Waals surface area contributed by atoms with Crippen LogP contribution in [-0.2, 0) is 32.7 Å². The van der Waals surface area contributed by atoms with Crippen molar-refractivity contribution in [3.8, 4) is 0 Å². The lowest BCUT2D eigenvalue weighted by Gasteiger charge is -2.19. The molecule has 0 heterocycles. The Balaban J connectivity index is 3.99. The van der Waals surface area contributed by atoms with Crippen LogP contribution in [0.25, 0.3) is 0 Å². The zero-order valence-electron chi connectivity index (χ0n) is 44.3. The van der Waals surface area contributed by atoms with E-state index in [1.807, 2.05) is 0 Å². The van der Waals surface area contributed by atoms with Gasteiger partial charge in [0.2, 0.25) is 0 Å². The highest BCUT2D eigenvalue weighted by molar-refractivity contribution is 7.47. The van der Waals surface area contributed by atoms with Crippen LogP contribution in [0, 0.1) is 0 Å². The summed E-state index contributed by atoms with van der Waals surface area (Å²) >= 11 is 0. The summed E-state index contributed by atoms with van der Waals surface area (Å²) in [5.74, 6) is -0.864. The van der Waals surface area contributed by atoms with E-state index >= 15 is 0 Å². The molecule has 398 valence electrons. The molecule has 0 aliphatic carbocycles. The van der Waals surface area contributed by atoms with Gasteiger partial charge in [0.05, 0.1) is 13.2 Å². The highest BCUT2D eigenvalue weighted by Crippen LogP contribution is 2.43. The molecule has 0 bridgehead atoms. The monoisotopic (exact) mass is 986 g/mol. The first-order valence-electron chi connectivity index (χ1n) is 28.1. The van der Waals surface area contributed by atoms with Crippen molar-refractivity contribution in [2.75, 3.05) is 26.4 Å². The molecule has 0 amide bonds. The van der Waals surface area contributed by atoms with E-state index in [9.17, 15) is 19.0 Å². The third-order valence-corrected chi connectivity index (χ3v) is 12.7. The van der Waals surface area contributed by atoms with E-state index in [0.29, 0.717) is 6.42 Å². The summed E-state index contributed by atoms with van der Waals surface area (Å²) in [6.45, 7) is 3.59. The lowest BCUT2D eigenvalue weighted by atomic mass is 10.0. The predicted molar refractivity (Wildman–Crippen MR) is 293 cm³/mol. The summed E-state index contributed by atoms with van der Waals surface area (Å²) in [7, 11) is -4.40. The number of hydrogen-bond acceptors (Lipinski definition) is 8. The summed E-state index contributed by atoms with van der Waals surface area (Å²) < 4.78 is 33.0. The molecule has 0 aromatic rings. The van der Waals surface area contributed by atoms with E-state index in [4.69, 9.17) is 24.3 Å². The van der Waals surface area contributed by atoms with Gasteiger partial charge in [0, 0.05) is 19.4 Å². The van der Waals surface area contributed by atoms with Gasteiger partial charge < -0.3 is 20.1 Å². The molecule has 0 aliphatic heterocycles. The molecule has 0 saturated heterocycles. The minimum absolute atomic E-state index is 0.0444. The lowest BCUT2D eigenvalue weighted by molar-refractivity contribution is -0.161. The minimum Gasteiger partial charge on any atom is -0.462 e. The quantitative estimate of drug-likeness (QED) is 0.0264. The molecule has 3 N–H and O–H groups in total. The Morgan fingerprint density at radius 3 is 1.20 bits per heavy atom. The third kappa shape index (κ3) is 54.4. The number of phosphoric ester groups is 1. The van der Waals surface area contributed by atoms with Gasteiger partial charge in [0.15, 0.2) is 6.10 Å². The predicted octanol–water partition coefficient (Wildman–Crippen LogP) is 17.5. The van der Waals surface area contributed by atoms with Crippen LogP contribution in [0.2, 0.25) is 0 Å². The van der Waals surface area contributed by atoms with E-state index in [0.717, 1.165) is 77.0 Å². The number of ether oxygens (including phenoxy) is 2. The van der Waals surface area contributed by atoms with Crippen LogP contribution in [0.15, 0.2) is 85.1 Å². The molecule has 0 aromatic heterocycles. The maximum atomic E-state index is 12.7. The van der Waals surface area contributed by atoms with Crippen LogP contribution in [0.1, 0.15) is 245 Å². The van der Waals surface area contributed by atoms with Gasteiger partial charge in [0.25, 0.3) is 0 Å². The largest absolute Gasteiger partial charge is 0.472 e. The van der Waals surface area contributed by atoms with Gasteiger partial charge in [-0.15, -0.1) is 0 Å². The van der Waals surface area contributed by atoms with Crippen molar-refractivity contribution in [2.45, 2.75) is 251 Å². The maximum absolute atomic E-state index is 12.7. The molecule has 0 spiro atoms. The zero-order chi connectivity index (χ0) is 50.2. The molecule has 69 heavy (non-hydrogen) atoms. The van der Waals surface area contributed by atoms with Crippen molar-refractivity contribution < 1.29 is 37.6 Å². The van der Waals surface area contributed by atoms with Gasteiger partial charge in [0.1, 0.15) is 6.61 Å². The second-order valence-electron chi connectivity index (χ2n) is 18.4. The topological polar surface area (TPSA) is 134 Å². The first-order chi connectivity index (χ1) is 33.8. The van der Waals surface area contributed by atoms with Crippen LogP contribution in [-0.4, -0.2) is 49.3 Å². The first-order valence-corrected chi connectivity index (χ1v) is 29.6. The molecule has 0 fully saturated rings. The SMILES string of the molecule is CC/C=C\C/C=C\C/C=C\C/C=C\C/C=C\CCCCCC(=O)OC(COC(=O)CCCCCCCCCCCCCCCCCCC/C=C\C/C=C\CCCCCCC)COP(=O)(O)OCCN. The van der Waals surface area contributed by atoms with Crippen molar-refractivity contribution in [3.63, 3.8) is 0 Å². The Hall–Kier alpha value is -2.81. The summed E-state index contributed by atoms with van der Waals surface area (Å²) in [4.78, 5) is 35.1. The van der Waals surface area contributed by atoms with Gasteiger partial charge in [-0.1, -0.05) is 227 Å². The van der Waals surface area contributed by atoms with Crippen molar-refractivity contribution in [1.82, 2.24) is 0 Å². The molecule has 2 atom stereocenters. The van der Waals surface area contributed by atoms with E-state index in [2.05, 4.69) is 98.9 Å². The molecule has 2 unspecified atom stereocenters. The van der Waals surface area contributed by atoms with E-state index < -0.39 is 32.5 Å². The molecular weight excluding hydrogens is 882 g/mol. The smallest absolute Gasteiger partial charge is 0.462 e. The Labute approximate surface area is 424 Å². The molecule has 0 rings (SSSR count). The number of esters is 2. The Morgan fingerprint density at radius 1 is 0.449 bits per heavy atom. The van der Waals surface area contributed by atoms with Gasteiger partial charge in [-0.25, -0.2) is 4.57 Å². The number of carbonyl (C=O) groups is 2. The van der Waals surface area contributed by atoms with Gasteiger partial charge in [-0.3, -0.25) is 18.6 Å². The van der Waals surface area contributed by atoms with Crippen LogP contribution >= 0.6 is 7.82 Å². The summed E-state index contributed by atoms with van der Waals surface area (Å²) in [5, 5.41) is 0. The summed E-state index contributed by atoms with van der Waals surface area (Å²) in [5.41, 5.74) is 5.37. The molecule has 0 saturated carbocycles. The summed E-state index contributed by atoms with van der Waals surface area (Å²) in [6, 6.07) is 0. The second-order valence-corrected chi connectivity index (χ2v) is 19.9. The Morgan fingerprint density at radius 2 is 0.797 bits per heavy atom. The van der Waals surface area contributed by atoms with Crippen molar-refractivity contribution in [3.05, 3.63) is 85.1 Å². The highest BCUT2D eigenvalue weighted by atomic mass is 31.2. The number of allylic oxidation sites excluding steroid dienone is 14. The van der Waals surface area contributed by atoms with Crippen LogP contribution in [0.4, 0.5) is 0 Å². The number of phosphoric acid groups is 1. The number of hydrogen-bond donors (Lipinski definition) is 2.